The molecule has 0 bridgehead atoms. The van der Waals surface area contributed by atoms with E-state index in [-0.39, 0.29) is 12.2 Å². The predicted octanol–water partition coefficient (Wildman–Crippen LogP) is 2.38. The Kier molecular flexibility index (Phi) is 4.88. The Balaban J connectivity index is 1.64. The Morgan fingerprint density at radius 2 is 2.00 bits per heavy atom. The van der Waals surface area contributed by atoms with Gasteiger partial charge in [0.1, 0.15) is 0 Å². The van der Waals surface area contributed by atoms with Crippen molar-refractivity contribution in [2.75, 3.05) is 6.54 Å². The lowest BCUT2D eigenvalue weighted by Gasteiger charge is -2.11. The highest BCUT2D eigenvalue weighted by atomic mass is 35.5. The first-order chi connectivity index (χ1) is 11.6. The van der Waals surface area contributed by atoms with Crippen molar-refractivity contribution >= 4 is 17.5 Å². The van der Waals surface area contributed by atoms with Crippen LogP contribution in [0.15, 0.2) is 60.8 Å². The number of nitrogens with zero attached hydrogens (tertiary/aromatic N) is 3. The lowest BCUT2D eigenvalue weighted by Crippen LogP contribution is -2.28. The number of benzene rings is 2. The number of halogens is 1. The van der Waals surface area contributed by atoms with Crippen LogP contribution in [0, 0.1) is 0 Å². The molecule has 0 spiro atoms. The van der Waals surface area contributed by atoms with Gasteiger partial charge in [0.2, 0.25) is 0 Å². The van der Waals surface area contributed by atoms with Crippen molar-refractivity contribution in [2.24, 2.45) is 0 Å². The highest BCUT2D eigenvalue weighted by molar-refractivity contribution is 6.30. The van der Waals surface area contributed by atoms with Gasteiger partial charge in [0.15, 0.2) is 5.69 Å². The molecule has 0 aliphatic heterocycles. The van der Waals surface area contributed by atoms with Gasteiger partial charge >= 0.3 is 0 Å². The van der Waals surface area contributed by atoms with Gasteiger partial charge in [0, 0.05) is 11.6 Å². The molecule has 0 saturated carbocycles. The van der Waals surface area contributed by atoms with E-state index in [0.717, 1.165) is 5.56 Å². The lowest BCUT2D eigenvalue weighted by molar-refractivity contribution is 0.0911. The van der Waals surface area contributed by atoms with Crippen molar-refractivity contribution in [3.63, 3.8) is 0 Å². The molecule has 0 aliphatic rings. The normalized spacial score (nSPS) is 11.9. The second-order valence-electron chi connectivity index (χ2n) is 5.14. The number of hydrogen-bond donors (Lipinski definition) is 2. The van der Waals surface area contributed by atoms with E-state index in [1.165, 1.54) is 11.0 Å². The Morgan fingerprint density at radius 1 is 1.21 bits per heavy atom. The summed E-state index contributed by atoms with van der Waals surface area (Å²) < 4.78 is 0. The zero-order valence-corrected chi connectivity index (χ0v) is 13.4. The van der Waals surface area contributed by atoms with Crippen LogP contribution < -0.4 is 5.32 Å². The Morgan fingerprint density at radius 3 is 2.75 bits per heavy atom. The average molecular weight is 343 g/mol. The van der Waals surface area contributed by atoms with E-state index in [9.17, 15) is 9.90 Å². The van der Waals surface area contributed by atoms with Crippen LogP contribution in [-0.4, -0.2) is 32.6 Å². The number of nitrogens with one attached hydrogen (secondary N) is 1. The molecule has 3 rings (SSSR count). The van der Waals surface area contributed by atoms with Gasteiger partial charge in [-0.15, -0.1) is 5.10 Å². The minimum Gasteiger partial charge on any atom is -0.387 e. The number of amides is 1. The van der Waals surface area contributed by atoms with Gasteiger partial charge in [-0.2, -0.15) is 9.90 Å². The first-order valence-electron chi connectivity index (χ1n) is 7.33. The molecule has 1 heterocycles. The van der Waals surface area contributed by atoms with Gasteiger partial charge in [0.05, 0.1) is 18.0 Å². The molecule has 2 aromatic carbocycles. The molecule has 6 nitrogen and oxygen atoms in total. The summed E-state index contributed by atoms with van der Waals surface area (Å²) in [5.74, 6) is -0.404. The van der Waals surface area contributed by atoms with E-state index < -0.39 is 12.0 Å². The fraction of sp³-hybridized carbons (Fsp3) is 0.118. The van der Waals surface area contributed by atoms with E-state index in [2.05, 4.69) is 15.5 Å². The second-order valence-corrected chi connectivity index (χ2v) is 5.57. The maximum absolute atomic E-state index is 12.1. The molecule has 0 fully saturated rings. The van der Waals surface area contributed by atoms with Crippen LogP contribution in [0.4, 0.5) is 0 Å². The summed E-state index contributed by atoms with van der Waals surface area (Å²) in [5, 5.41) is 21.4. The standard InChI is InChI=1S/C17H15ClN4O2/c18-13-7-4-8-14(9-13)22-20-10-15(21-22)17(24)19-11-16(23)12-5-2-1-3-6-12/h1-10,16,23H,11H2,(H,19,24). The molecule has 1 amide bonds. The van der Waals surface area contributed by atoms with Gasteiger partial charge in [-0.25, -0.2) is 0 Å². The first kappa shape index (κ1) is 16.2. The van der Waals surface area contributed by atoms with Crippen LogP contribution >= 0.6 is 11.6 Å². The van der Waals surface area contributed by atoms with Crippen LogP contribution in [0.3, 0.4) is 0 Å². The average Bonchev–Trinajstić information content (AvgIpc) is 3.10. The summed E-state index contributed by atoms with van der Waals surface area (Å²) >= 11 is 5.93. The number of carbonyl (C=O) groups excluding carboxylic acids is 1. The maximum atomic E-state index is 12.1. The number of aliphatic hydroxyl groups excluding tert-OH is 1. The summed E-state index contributed by atoms with van der Waals surface area (Å²) in [6, 6.07) is 16.1. The fourth-order valence-electron chi connectivity index (χ4n) is 2.17. The minimum absolute atomic E-state index is 0.0902. The van der Waals surface area contributed by atoms with Crippen molar-refractivity contribution in [3.8, 4) is 5.69 Å². The molecule has 1 atom stereocenters. The molecule has 3 aromatic rings. The lowest BCUT2D eigenvalue weighted by atomic mass is 10.1. The third-order valence-corrected chi connectivity index (χ3v) is 3.64. The van der Waals surface area contributed by atoms with E-state index in [1.807, 2.05) is 18.2 Å². The Labute approximate surface area is 143 Å². The molecule has 0 radical (unpaired) electrons. The van der Waals surface area contributed by atoms with Crippen molar-refractivity contribution in [1.82, 2.24) is 20.3 Å². The van der Waals surface area contributed by atoms with Gasteiger partial charge in [-0.1, -0.05) is 48.0 Å². The Hall–Kier alpha value is -2.70. The molecular formula is C17H15ClN4O2. The maximum Gasteiger partial charge on any atom is 0.273 e. The van der Waals surface area contributed by atoms with Crippen LogP contribution in [0.2, 0.25) is 5.02 Å². The second kappa shape index (κ2) is 7.25. The molecule has 24 heavy (non-hydrogen) atoms. The predicted molar refractivity (Wildman–Crippen MR) is 90.1 cm³/mol. The topological polar surface area (TPSA) is 80.0 Å². The van der Waals surface area contributed by atoms with Crippen LogP contribution in [0.25, 0.3) is 5.69 Å². The van der Waals surface area contributed by atoms with Crippen molar-refractivity contribution in [1.29, 1.82) is 0 Å². The van der Waals surface area contributed by atoms with Crippen molar-refractivity contribution in [3.05, 3.63) is 77.1 Å². The van der Waals surface area contributed by atoms with E-state index in [0.29, 0.717) is 10.7 Å². The summed E-state index contributed by atoms with van der Waals surface area (Å²) in [4.78, 5) is 13.5. The zero-order valence-electron chi connectivity index (χ0n) is 12.6. The molecular weight excluding hydrogens is 328 g/mol. The summed E-state index contributed by atoms with van der Waals surface area (Å²) in [6.45, 7) is 0.0902. The fourth-order valence-corrected chi connectivity index (χ4v) is 2.35. The van der Waals surface area contributed by atoms with Gasteiger partial charge in [0.25, 0.3) is 5.91 Å². The molecule has 0 aliphatic carbocycles. The van der Waals surface area contributed by atoms with Crippen LogP contribution in [0.5, 0.6) is 0 Å². The van der Waals surface area contributed by atoms with E-state index >= 15 is 0 Å². The largest absolute Gasteiger partial charge is 0.387 e. The van der Waals surface area contributed by atoms with Crippen LogP contribution in [0.1, 0.15) is 22.2 Å². The summed E-state index contributed by atoms with van der Waals surface area (Å²) in [6.07, 6.45) is 0.587. The number of aliphatic hydroxyl groups is 1. The quantitative estimate of drug-likeness (QED) is 0.746. The monoisotopic (exact) mass is 342 g/mol. The molecule has 122 valence electrons. The molecule has 0 saturated heterocycles. The van der Waals surface area contributed by atoms with Gasteiger partial charge in [-0.3, -0.25) is 4.79 Å². The highest BCUT2D eigenvalue weighted by Crippen LogP contribution is 2.13. The van der Waals surface area contributed by atoms with Crippen molar-refractivity contribution in [2.45, 2.75) is 6.10 Å². The number of aromatic nitrogens is 3. The molecule has 1 aromatic heterocycles. The number of hydrogen-bond acceptors (Lipinski definition) is 4. The third-order valence-electron chi connectivity index (χ3n) is 3.40. The molecule has 1 unspecified atom stereocenters. The SMILES string of the molecule is O=C(NCC(O)c1ccccc1)c1cnn(-c2cccc(Cl)c2)n1. The van der Waals surface area contributed by atoms with Gasteiger partial charge in [-0.05, 0) is 23.8 Å². The van der Waals surface area contributed by atoms with Crippen molar-refractivity contribution < 1.29 is 9.90 Å². The summed E-state index contributed by atoms with van der Waals surface area (Å²) in [7, 11) is 0. The smallest absolute Gasteiger partial charge is 0.273 e. The summed E-state index contributed by atoms with van der Waals surface area (Å²) in [5.41, 5.74) is 1.56. The number of carbonyl (C=O) groups is 1. The third kappa shape index (κ3) is 3.79. The van der Waals surface area contributed by atoms with E-state index in [1.54, 1.807) is 36.4 Å². The zero-order chi connectivity index (χ0) is 16.9. The highest BCUT2D eigenvalue weighted by Gasteiger charge is 2.14. The van der Waals surface area contributed by atoms with Crippen LogP contribution in [-0.2, 0) is 0 Å². The Bertz CT molecular complexity index is 835. The minimum atomic E-state index is -0.780. The number of rotatable bonds is 5. The van der Waals surface area contributed by atoms with Gasteiger partial charge < -0.3 is 10.4 Å². The van der Waals surface area contributed by atoms with E-state index in [4.69, 9.17) is 11.6 Å². The molecule has 2 N–H and O–H groups in total. The first-order valence-corrected chi connectivity index (χ1v) is 7.71. The molecule has 7 heteroatoms.